The van der Waals surface area contributed by atoms with Gasteiger partial charge in [-0.25, -0.2) is 0 Å². The van der Waals surface area contributed by atoms with Crippen molar-refractivity contribution in [2.24, 2.45) is 0 Å². The zero-order valence-corrected chi connectivity index (χ0v) is 12.7. The van der Waals surface area contributed by atoms with E-state index >= 15 is 0 Å². The van der Waals surface area contributed by atoms with E-state index in [0.717, 1.165) is 12.0 Å². The van der Waals surface area contributed by atoms with Crippen LogP contribution in [0, 0.1) is 0 Å². The van der Waals surface area contributed by atoms with Gasteiger partial charge in [0.25, 0.3) is 0 Å². The molecule has 0 amide bonds. The van der Waals surface area contributed by atoms with Gasteiger partial charge in [-0.15, -0.1) is 0 Å². The van der Waals surface area contributed by atoms with Crippen molar-refractivity contribution in [3.8, 4) is 5.75 Å². The average Bonchev–Trinajstić information content (AvgIpc) is 2.42. The molecule has 2 unspecified atom stereocenters. The molecule has 2 heteroatoms. The fraction of sp³-hybridized carbons (Fsp3) is 0.647. The van der Waals surface area contributed by atoms with E-state index in [-0.39, 0.29) is 6.04 Å². The van der Waals surface area contributed by atoms with Crippen LogP contribution in [-0.4, -0.2) is 11.1 Å². The Kier molecular flexibility index (Phi) is 7.57. The Hall–Kier alpha value is -1.02. The van der Waals surface area contributed by atoms with Crippen molar-refractivity contribution in [2.45, 2.75) is 71.4 Å². The lowest BCUT2D eigenvalue weighted by atomic mass is 10.0. The van der Waals surface area contributed by atoms with E-state index in [1.807, 2.05) is 18.2 Å². The van der Waals surface area contributed by atoms with Crippen LogP contribution in [0.5, 0.6) is 5.75 Å². The summed E-state index contributed by atoms with van der Waals surface area (Å²) in [6.45, 7) is 6.65. The van der Waals surface area contributed by atoms with Gasteiger partial charge in [-0.05, 0) is 25.8 Å². The highest BCUT2D eigenvalue weighted by Gasteiger charge is 2.15. The van der Waals surface area contributed by atoms with Crippen LogP contribution in [0.15, 0.2) is 24.3 Å². The Morgan fingerprint density at radius 1 is 1.11 bits per heavy atom. The van der Waals surface area contributed by atoms with Crippen LogP contribution < -0.4 is 5.32 Å². The highest BCUT2D eigenvalue weighted by Crippen LogP contribution is 2.26. The predicted molar refractivity (Wildman–Crippen MR) is 82.5 cm³/mol. The van der Waals surface area contributed by atoms with E-state index < -0.39 is 0 Å². The number of para-hydroxylation sites is 1. The molecule has 108 valence electrons. The second kappa shape index (κ2) is 8.98. The third kappa shape index (κ3) is 5.65. The summed E-state index contributed by atoms with van der Waals surface area (Å²) in [5.74, 6) is 0.403. The van der Waals surface area contributed by atoms with E-state index in [1.54, 1.807) is 6.07 Å². The molecule has 0 aliphatic carbocycles. The van der Waals surface area contributed by atoms with Gasteiger partial charge in [0.15, 0.2) is 0 Å². The number of rotatable bonds is 9. The number of hydrogen-bond donors (Lipinski definition) is 2. The number of unbranched alkanes of at least 4 members (excludes halogenated alkanes) is 3. The van der Waals surface area contributed by atoms with Crippen molar-refractivity contribution in [1.29, 1.82) is 0 Å². The van der Waals surface area contributed by atoms with Crippen molar-refractivity contribution in [3.63, 3.8) is 0 Å². The van der Waals surface area contributed by atoms with Gasteiger partial charge in [0.05, 0.1) is 0 Å². The number of hydrogen-bond acceptors (Lipinski definition) is 2. The molecule has 2 atom stereocenters. The molecule has 1 rings (SSSR count). The van der Waals surface area contributed by atoms with Crippen molar-refractivity contribution in [1.82, 2.24) is 5.32 Å². The molecular formula is C17H29NO. The van der Waals surface area contributed by atoms with Crippen molar-refractivity contribution >= 4 is 0 Å². The summed E-state index contributed by atoms with van der Waals surface area (Å²) in [6.07, 6.45) is 7.46. The van der Waals surface area contributed by atoms with Crippen LogP contribution in [0.4, 0.5) is 0 Å². The molecule has 0 aliphatic rings. The van der Waals surface area contributed by atoms with Crippen LogP contribution in [0.25, 0.3) is 0 Å². The van der Waals surface area contributed by atoms with Crippen molar-refractivity contribution in [2.75, 3.05) is 0 Å². The van der Waals surface area contributed by atoms with Gasteiger partial charge in [0.1, 0.15) is 5.75 Å². The lowest BCUT2D eigenvalue weighted by Gasteiger charge is -2.23. The topological polar surface area (TPSA) is 32.3 Å². The number of aromatic hydroxyl groups is 1. The van der Waals surface area contributed by atoms with E-state index in [1.165, 1.54) is 32.1 Å². The molecular weight excluding hydrogens is 234 g/mol. The molecule has 0 aliphatic heterocycles. The minimum absolute atomic E-state index is 0.252. The molecule has 0 aromatic heterocycles. The first-order chi connectivity index (χ1) is 9.19. The SMILES string of the molecule is CCCCCCC(C)NC(CC)c1ccccc1O. The van der Waals surface area contributed by atoms with Crippen LogP contribution in [0.1, 0.15) is 70.9 Å². The van der Waals surface area contributed by atoms with E-state index in [4.69, 9.17) is 0 Å². The maximum absolute atomic E-state index is 9.93. The summed E-state index contributed by atoms with van der Waals surface area (Å²) in [4.78, 5) is 0. The summed E-state index contributed by atoms with van der Waals surface area (Å²) >= 11 is 0. The molecule has 2 N–H and O–H groups in total. The zero-order valence-electron chi connectivity index (χ0n) is 12.7. The molecule has 19 heavy (non-hydrogen) atoms. The first kappa shape index (κ1) is 16.0. The highest BCUT2D eigenvalue weighted by molar-refractivity contribution is 5.34. The Morgan fingerprint density at radius 3 is 2.47 bits per heavy atom. The highest BCUT2D eigenvalue weighted by atomic mass is 16.3. The molecule has 1 aromatic rings. The summed E-state index contributed by atoms with van der Waals surface area (Å²) in [7, 11) is 0. The summed E-state index contributed by atoms with van der Waals surface area (Å²) in [6, 6.07) is 8.40. The molecule has 0 saturated carbocycles. The largest absolute Gasteiger partial charge is 0.508 e. The van der Waals surface area contributed by atoms with Gasteiger partial charge in [-0.3, -0.25) is 0 Å². The third-order valence-corrected chi connectivity index (χ3v) is 3.70. The average molecular weight is 263 g/mol. The fourth-order valence-corrected chi connectivity index (χ4v) is 2.51. The molecule has 0 bridgehead atoms. The van der Waals surface area contributed by atoms with Crippen LogP contribution in [-0.2, 0) is 0 Å². The van der Waals surface area contributed by atoms with Gasteiger partial charge in [0, 0.05) is 17.6 Å². The maximum atomic E-state index is 9.93. The minimum atomic E-state index is 0.252. The molecule has 1 aromatic carbocycles. The van der Waals surface area contributed by atoms with Crippen molar-refractivity contribution in [3.05, 3.63) is 29.8 Å². The molecule has 0 heterocycles. The van der Waals surface area contributed by atoms with Crippen molar-refractivity contribution < 1.29 is 5.11 Å². The van der Waals surface area contributed by atoms with Gasteiger partial charge in [-0.2, -0.15) is 0 Å². The first-order valence-electron chi connectivity index (χ1n) is 7.73. The molecule has 2 nitrogen and oxygen atoms in total. The third-order valence-electron chi connectivity index (χ3n) is 3.70. The van der Waals surface area contributed by atoms with Gasteiger partial charge >= 0.3 is 0 Å². The second-order valence-electron chi connectivity index (χ2n) is 5.44. The normalized spacial score (nSPS) is 14.3. The summed E-state index contributed by atoms with van der Waals surface area (Å²) < 4.78 is 0. The Labute approximate surface area is 118 Å². The smallest absolute Gasteiger partial charge is 0.120 e. The van der Waals surface area contributed by atoms with Gasteiger partial charge in [0.2, 0.25) is 0 Å². The summed E-state index contributed by atoms with van der Waals surface area (Å²) in [5.41, 5.74) is 1.02. The van der Waals surface area contributed by atoms with Crippen LogP contribution >= 0.6 is 0 Å². The first-order valence-corrected chi connectivity index (χ1v) is 7.73. The number of phenols is 1. The molecule has 0 radical (unpaired) electrons. The quantitative estimate of drug-likeness (QED) is 0.628. The Balaban J connectivity index is 2.46. The minimum Gasteiger partial charge on any atom is -0.508 e. The van der Waals surface area contributed by atoms with Gasteiger partial charge < -0.3 is 10.4 Å². The number of phenolic OH excluding ortho intramolecular Hbond substituents is 1. The van der Waals surface area contributed by atoms with E-state index in [0.29, 0.717) is 11.8 Å². The fourth-order valence-electron chi connectivity index (χ4n) is 2.51. The molecule has 0 fully saturated rings. The lowest BCUT2D eigenvalue weighted by molar-refractivity contribution is 0.395. The number of nitrogens with one attached hydrogen (secondary N) is 1. The molecule has 0 saturated heterocycles. The number of benzene rings is 1. The standard InChI is InChI=1S/C17H29NO/c1-4-6-7-8-11-14(3)18-16(5-2)15-12-9-10-13-17(15)19/h9-10,12-14,16,18-19H,4-8,11H2,1-3H3. The van der Waals surface area contributed by atoms with E-state index in [2.05, 4.69) is 26.1 Å². The van der Waals surface area contributed by atoms with Crippen LogP contribution in [0.2, 0.25) is 0 Å². The second-order valence-corrected chi connectivity index (χ2v) is 5.44. The maximum Gasteiger partial charge on any atom is 0.120 e. The Bertz CT molecular complexity index is 351. The summed E-state index contributed by atoms with van der Waals surface area (Å²) in [5, 5.41) is 13.6. The van der Waals surface area contributed by atoms with E-state index in [9.17, 15) is 5.11 Å². The monoisotopic (exact) mass is 263 g/mol. The zero-order chi connectivity index (χ0) is 14.1. The molecule has 0 spiro atoms. The predicted octanol–water partition coefficient (Wildman–Crippen LogP) is 4.79. The Morgan fingerprint density at radius 2 is 1.84 bits per heavy atom. The van der Waals surface area contributed by atoms with Gasteiger partial charge in [-0.1, -0.05) is 57.7 Å². The van der Waals surface area contributed by atoms with Crippen LogP contribution in [0.3, 0.4) is 0 Å². The lowest BCUT2D eigenvalue weighted by Crippen LogP contribution is -2.30.